The average Bonchev–Trinajstić information content (AvgIpc) is 2.44. The first-order valence-corrected chi connectivity index (χ1v) is 7.20. The van der Waals surface area contributed by atoms with Crippen molar-refractivity contribution in [2.75, 3.05) is 0 Å². The maximum absolute atomic E-state index is 13.8. The Morgan fingerprint density at radius 1 is 1.24 bits per heavy atom. The van der Waals surface area contributed by atoms with Gasteiger partial charge in [-0.15, -0.1) is 0 Å². The average molecular weight is 294 g/mol. The van der Waals surface area contributed by atoms with Crippen LogP contribution in [0.25, 0.3) is 0 Å². The molecule has 0 fully saturated rings. The number of rotatable bonds is 6. The fourth-order valence-corrected chi connectivity index (χ4v) is 2.00. The minimum Gasteiger partial charge on any atom is -0.352 e. The van der Waals surface area contributed by atoms with Crippen molar-refractivity contribution in [3.63, 3.8) is 0 Å². The first-order valence-electron chi connectivity index (χ1n) is 7.20. The molecule has 4 nitrogen and oxygen atoms in total. The van der Waals surface area contributed by atoms with Gasteiger partial charge in [0.1, 0.15) is 11.9 Å². The molecule has 1 aromatic rings. The number of amides is 2. The molecule has 0 aromatic heterocycles. The Hall–Kier alpha value is -1.91. The van der Waals surface area contributed by atoms with Crippen molar-refractivity contribution in [1.82, 2.24) is 10.2 Å². The highest BCUT2D eigenvalue weighted by Crippen LogP contribution is 2.14. The molecule has 0 aliphatic rings. The molecule has 1 aromatic carbocycles. The van der Waals surface area contributed by atoms with E-state index < -0.39 is 6.04 Å². The zero-order valence-corrected chi connectivity index (χ0v) is 13.0. The highest BCUT2D eigenvalue weighted by molar-refractivity contribution is 5.87. The third-order valence-electron chi connectivity index (χ3n) is 3.20. The highest BCUT2D eigenvalue weighted by Gasteiger charge is 2.26. The summed E-state index contributed by atoms with van der Waals surface area (Å²) in [6.07, 6.45) is 0.272. The van der Waals surface area contributed by atoms with E-state index in [0.29, 0.717) is 5.56 Å². The summed E-state index contributed by atoms with van der Waals surface area (Å²) in [5.41, 5.74) is 0.406. The second kappa shape index (κ2) is 7.76. The molecule has 21 heavy (non-hydrogen) atoms. The molecule has 1 rings (SSSR count). The summed E-state index contributed by atoms with van der Waals surface area (Å²) >= 11 is 0. The van der Waals surface area contributed by atoms with Gasteiger partial charge >= 0.3 is 0 Å². The van der Waals surface area contributed by atoms with Crippen LogP contribution in [0.1, 0.15) is 39.7 Å². The lowest BCUT2D eigenvalue weighted by molar-refractivity contribution is -0.140. The van der Waals surface area contributed by atoms with E-state index >= 15 is 0 Å². The van der Waals surface area contributed by atoms with E-state index in [2.05, 4.69) is 5.32 Å². The van der Waals surface area contributed by atoms with Gasteiger partial charge < -0.3 is 10.2 Å². The fraction of sp³-hybridized carbons (Fsp3) is 0.500. The van der Waals surface area contributed by atoms with E-state index in [-0.39, 0.29) is 36.6 Å². The molecular formula is C16H23FN2O2. The molecule has 0 aliphatic carbocycles. The van der Waals surface area contributed by atoms with Gasteiger partial charge in [0.2, 0.25) is 11.8 Å². The molecule has 0 saturated heterocycles. The van der Waals surface area contributed by atoms with Crippen molar-refractivity contribution in [1.29, 1.82) is 0 Å². The summed E-state index contributed by atoms with van der Waals surface area (Å²) in [4.78, 5) is 25.6. The van der Waals surface area contributed by atoms with Gasteiger partial charge in [0.15, 0.2) is 0 Å². The number of carbonyl (C=O) groups excluding carboxylic acids is 2. The summed E-state index contributed by atoms with van der Waals surface area (Å²) in [5, 5.41) is 2.78. The van der Waals surface area contributed by atoms with Crippen molar-refractivity contribution in [3.05, 3.63) is 35.6 Å². The summed E-state index contributed by atoms with van der Waals surface area (Å²) in [7, 11) is 0. The van der Waals surface area contributed by atoms with Gasteiger partial charge in [0, 0.05) is 24.6 Å². The molecule has 1 N–H and O–H groups in total. The summed E-state index contributed by atoms with van der Waals surface area (Å²) in [6.45, 7) is 7.18. The van der Waals surface area contributed by atoms with Gasteiger partial charge in [-0.05, 0) is 26.8 Å². The number of carbonyl (C=O) groups is 2. The lowest BCUT2D eigenvalue weighted by Gasteiger charge is -2.29. The lowest BCUT2D eigenvalue weighted by Crippen LogP contribution is -2.49. The van der Waals surface area contributed by atoms with E-state index in [1.807, 2.05) is 13.8 Å². The van der Waals surface area contributed by atoms with E-state index in [4.69, 9.17) is 0 Å². The predicted octanol–water partition coefficient (Wildman–Crippen LogP) is 2.48. The van der Waals surface area contributed by atoms with Crippen LogP contribution >= 0.6 is 0 Å². The SMILES string of the molecule is CCC(=O)N(Cc1ccccc1F)[C@H](C)C(=O)NC(C)C. The van der Waals surface area contributed by atoms with Crippen LogP contribution in [0.5, 0.6) is 0 Å². The molecule has 0 spiro atoms. The minimum atomic E-state index is -0.639. The molecular weight excluding hydrogens is 271 g/mol. The lowest BCUT2D eigenvalue weighted by atomic mass is 10.1. The molecule has 5 heteroatoms. The second-order valence-corrected chi connectivity index (χ2v) is 5.31. The third-order valence-corrected chi connectivity index (χ3v) is 3.20. The standard InChI is InChI=1S/C16H23FN2O2/c1-5-15(20)19(12(4)16(21)18-11(2)3)10-13-8-6-7-9-14(13)17/h6-9,11-12H,5,10H2,1-4H3,(H,18,21)/t12-/m1/s1. The topological polar surface area (TPSA) is 49.4 Å². The van der Waals surface area contributed by atoms with Crippen molar-refractivity contribution in [2.45, 2.75) is 52.7 Å². The number of nitrogens with zero attached hydrogens (tertiary/aromatic N) is 1. The van der Waals surface area contributed by atoms with Crippen LogP contribution in [-0.2, 0) is 16.1 Å². The number of benzene rings is 1. The van der Waals surface area contributed by atoms with Gasteiger partial charge in [-0.1, -0.05) is 25.1 Å². The molecule has 0 aliphatic heterocycles. The van der Waals surface area contributed by atoms with Crippen molar-refractivity contribution in [2.24, 2.45) is 0 Å². The molecule has 0 unspecified atom stereocenters. The van der Waals surface area contributed by atoms with Gasteiger partial charge in [-0.3, -0.25) is 9.59 Å². The molecule has 0 radical (unpaired) electrons. The number of nitrogens with one attached hydrogen (secondary N) is 1. The molecule has 116 valence electrons. The number of hydrogen-bond donors (Lipinski definition) is 1. The third kappa shape index (κ3) is 4.85. The largest absolute Gasteiger partial charge is 0.352 e. The van der Waals surface area contributed by atoms with Crippen molar-refractivity contribution < 1.29 is 14.0 Å². The van der Waals surface area contributed by atoms with E-state index in [1.54, 1.807) is 32.0 Å². The molecule has 0 bridgehead atoms. The van der Waals surface area contributed by atoms with E-state index in [9.17, 15) is 14.0 Å². The van der Waals surface area contributed by atoms with Gasteiger partial charge in [0.25, 0.3) is 0 Å². The van der Waals surface area contributed by atoms with E-state index in [0.717, 1.165) is 0 Å². The van der Waals surface area contributed by atoms with E-state index in [1.165, 1.54) is 11.0 Å². The first kappa shape index (κ1) is 17.1. The highest BCUT2D eigenvalue weighted by atomic mass is 19.1. The normalized spacial score (nSPS) is 12.1. The summed E-state index contributed by atoms with van der Waals surface area (Å²) in [5.74, 6) is -0.782. The van der Waals surface area contributed by atoms with Gasteiger partial charge in [0.05, 0.1) is 0 Å². The Balaban J connectivity index is 2.93. The second-order valence-electron chi connectivity index (χ2n) is 5.31. The Kier molecular flexibility index (Phi) is 6.34. The molecule has 0 saturated carbocycles. The fourth-order valence-electron chi connectivity index (χ4n) is 2.00. The maximum Gasteiger partial charge on any atom is 0.242 e. The van der Waals surface area contributed by atoms with Crippen LogP contribution in [-0.4, -0.2) is 28.8 Å². The quantitative estimate of drug-likeness (QED) is 0.876. The van der Waals surface area contributed by atoms with Gasteiger partial charge in [-0.2, -0.15) is 0 Å². The van der Waals surface area contributed by atoms with Crippen LogP contribution in [0.2, 0.25) is 0 Å². The monoisotopic (exact) mass is 294 g/mol. The Labute approximate surface area is 125 Å². The number of hydrogen-bond acceptors (Lipinski definition) is 2. The van der Waals surface area contributed by atoms with Crippen LogP contribution in [0.4, 0.5) is 4.39 Å². The number of halogens is 1. The Morgan fingerprint density at radius 3 is 2.38 bits per heavy atom. The first-order chi connectivity index (χ1) is 9.86. The Bertz CT molecular complexity index is 503. The Morgan fingerprint density at radius 2 is 1.86 bits per heavy atom. The summed E-state index contributed by atoms with van der Waals surface area (Å²) < 4.78 is 13.8. The molecule has 2 amide bonds. The minimum absolute atomic E-state index is 0.00742. The molecule has 0 heterocycles. The van der Waals surface area contributed by atoms with Crippen molar-refractivity contribution in [3.8, 4) is 0 Å². The molecule has 1 atom stereocenters. The summed E-state index contributed by atoms with van der Waals surface area (Å²) in [6, 6.07) is 5.64. The van der Waals surface area contributed by atoms with Crippen LogP contribution in [0, 0.1) is 5.82 Å². The zero-order valence-electron chi connectivity index (χ0n) is 13.0. The van der Waals surface area contributed by atoms with Crippen LogP contribution in [0.15, 0.2) is 24.3 Å². The maximum atomic E-state index is 13.8. The van der Waals surface area contributed by atoms with Gasteiger partial charge in [-0.25, -0.2) is 4.39 Å². The van der Waals surface area contributed by atoms with Crippen LogP contribution < -0.4 is 5.32 Å². The van der Waals surface area contributed by atoms with Crippen molar-refractivity contribution >= 4 is 11.8 Å². The smallest absolute Gasteiger partial charge is 0.242 e. The zero-order chi connectivity index (χ0) is 16.0. The van der Waals surface area contributed by atoms with Crippen LogP contribution in [0.3, 0.4) is 0 Å². The predicted molar refractivity (Wildman–Crippen MR) is 80.0 cm³/mol.